The first-order chi connectivity index (χ1) is 11.6. The van der Waals surface area contributed by atoms with E-state index in [0.717, 1.165) is 30.4 Å². The van der Waals surface area contributed by atoms with Crippen LogP contribution in [-0.2, 0) is 15.5 Å². The molecular weight excluding hydrogens is 348 g/mol. The van der Waals surface area contributed by atoms with Gasteiger partial charge in [-0.3, -0.25) is 8.74 Å². The molecule has 2 aromatic rings. The maximum atomic E-state index is 11.0. The van der Waals surface area contributed by atoms with E-state index in [1.165, 1.54) is 0 Å². The quantitative estimate of drug-likeness (QED) is 0.768. The molecule has 1 fully saturated rings. The fourth-order valence-corrected chi connectivity index (χ4v) is 3.63. The Morgan fingerprint density at radius 1 is 1.04 bits per heavy atom. The zero-order valence-corrected chi connectivity index (χ0v) is 14.6. The molecule has 0 amide bonds. The van der Waals surface area contributed by atoms with Crippen molar-refractivity contribution in [2.75, 3.05) is 0 Å². The van der Waals surface area contributed by atoms with E-state index >= 15 is 0 Å². The lowest BCUT2D eigenvalue weighted by atomic mass is 9.94. The molecule has 1 aliphatic rings. The van der Waals surface area contributed by atoms with Crippen LogP contribution < -0.4 is 4.74 Å². The van der Waals surface area contributed by atoms with Crippen LogP contribution in [0.1, 0.15) is 25.7 Å². The molecule has 3 unspecified atom stereocenters. The second-order valence-electron chi connectivity index (χ2n) is 5.80. The first kappa shape index (κ1) is 17.4. The van der Waals surface area contributed by atoms with Gasteiger partial charge in [-0.25, -0.2) is 0 Å². The number of hydrogen-bond acceptors (Lipinski definition) is 3. The molecule has 4 nitrogen and oxygen atoms in total. The van der Waals surface area contributed by atoms with Gasteiger partial charge in [0.1, 0.15) is 18.0 Å². The number of benzene rings is 2. The first-order valence-corrected chi connectivity index (χ1v) is 9.34. The summed E-state index contributed by atoms with van der Waals surface area (Å²) in [6.07, 6.45) is 2.84. The van der Waals surface area contributed by atoms with E-state index in [2.05, 4.69) is 0 Å². The summed E-state index contributed by atoms with van der Waals surface area (Å²) >= 11 is 3.87. The largest absolute Gasteiger partial charge is 0.487 e. The van der Waals surface area contributed by atoms with Crippen LogP contribution in [-0.4, -0.2) is 21.0 Å². The van der Waals surface area contributed by atoms with Crippen molar-refractivity contribution < 1.29 is 17.7 Å². The minimum absolute atomic E-state index is 0.251. The molecule has 0 spiro atoms. The summed E-state index contributed by atoms with van der Waals surface area (Å²) in [5.41, 5.74) is 1.91. The Labute approximate surface area is 149 Å². The molecule has 3 atom stereocenters. The van der Waals surface area contributed by atoms with E-state index in [-0.39, 0.29) is 12.2 Å². The van der Waals surface area contributed by atoms with Crippen LogP contribution in [0.3, 0.4) is 0 Å². The van der Waals surface area contributed by atoms with Crippen LogP contribution >= 0.6 is 11.6 Å². The Balaban J connectivity index is 1.87. The van der Waals surface area contributed by atoms with Crippen LogP contribution in [0.2, 0.25) is 5.02 Å². The van der Waals surface area contributed by atoms with Crippen molar-refractivity contribution in [3.63, 3.8) is 0 Å². The second kappa shape index (κ2) is 8.12. The average Bonchev–Trinajstić information content (AvgIpc) is 2.58. The van der Waals surface area contributed by atoms with Crippen molar-refractivity contribution in [2.24, 2.45) is 0 Å². The van der Waals surface area contributed by atoms with Crippen LogP contribution in [0.25, 0.3) is 11.1 Å². The average molecular weight is 367 g/mol. The summed E-state index contributed by atoms with van der Waals surface area (Å²) in [4.78, 5) is 0. The minimum Gasteiger partial charge on any atom is -0.487 e. The van der Waals surface area contributed by atoms with Gasteiger partial charge in [-0.1, -0.05) is 48.4 Å². The Morgan fingerprint density at radius 2 is 1.75 bits per heavy atom. The van der Waals surface area contributed by atoms with E-state index in [4.69, 9.17) is 25.1 Å². The van der Waals surface area contributed by atoms with Gasteiger partial charge in [0.2, 0.25) is 0 Å². The number of hydrogen-bond donors (Lipinski definition) is 1. The molecule has 1 aliphatic carbocycles. The van der Waals surface area contributed by atoms with Gasteiger partial charge in [0.05, 0.1) is 0 Å². The predicted molar refractivity (Wildman–Crippen MR) is 95.4 cm³/mol. The summed E-state index contributed by atoms with van der Waals surface area (Å²) in [5, 5.41) is 0.633. The van der Waals surface area contributed by atoms with Crippen LogP contribution in [0.4, 0.5) is 0 Å². The van der Waals surface area contributed by atoms with Gasteiger partial charge in [-0.05, 0) is 43.0 Å². The summed E-state index contributed by atoms with van der Waals surface area (Å²) in [6, 6.07) is 15.4. The van der Waals surface area contributed by atoms with Crippen molar-refractivity contribution >= 4 is 23.0 Å². The zero-order valence-electron chi connectivity index (χ0n) is 13.1. The van der Waals surface area contributed by atoms with Crippen LogP contribution in [0.5, 0.6) is 5.75 Å². The Hall–Kier alpha value is -1.40. The number of ether oxygens (including phenoxy) is 1. The van der Waals surface area contributed by atoms with Gasteiger partial charge in [-0.15, -0.1) is 0 Å². The fourth-order valence-electron chi connectivity index (χ4n) is 3.02. The fraction of sp³-hybridized carbons (Fsp3) is 0.333. The van der Waals surface area contributed by atoms with Crippen LogP contribution in [0, 0.1) is 0 Å². The molecule has 128 valence electrons. The molecule has 0 aromatic heterocycles. The van der Waals surface area contributed by atoms with E-state index in [9.17, 15) is 4.21 Å². The third-order valence-corrected chi connectivity index (χ3v) is 4.80. The Kier molecular flexibility index (Phi) is 5.89. The van der Waals surface area contributed by atoms with Crippen molar-refractivity contribution in [1.82, 2.24) is 0 Å². The highest BCUT2D eigenvalue weighted by molar-refractivity contribution is 7.74. The second-order valence-corrected chi connectivity index (χ2v) is 6.86. The molecule has 24 heavy (non-hydrogen) atoms. The summed E-state index contributed by atoms with van der Waals surface area (Å²) in [5.74, 6) is 0.704. The normalized spacial score (nSPS) is 22.1. The van der Waals surface area contributed by atoms with E-state index in [1.807, 2.05) is 42.5 Å². The van der Waals surface area contributed by atoms with Gasteiger partial charge in [0.15, 0.2) is 0 Å². The van der Waals surface area contributed by atoms with E-state index < -0.39 is 11.4 Å². The Morgan fingerprint density at radius 3 is 2.46 bits per heavy atom. The van der Waals surface area contributed by atoms with Crippen molar-refractivity contribution in [3.8, 4) is 16.9 Å². The third kappa shape index (κ3) is 4.36. The van der Waals surface area contributed by atoms with Gasteiger partial charge >= 0.3 is 11.4 Å². The lowest BCUT2D eigenvalue weighted by Gasteiger charge is -2.31. The predicted octanol–water partition coefficient (Wildman–Crippen LogP) is 4.85. The summed E-state index contributed by atoms with van der Waals surface area (Å²) in [6.45, 7) is 0. The lowest BCUT2D eigenvalue weighted by molar-refractivity contribution is 0.0264. The molecule has 0 aliphatic heterocycles. The molecule has 6 heteroatoms. The van der Waals surface area contributed by atoms with Gasteiger partial charge in [0, 0.05) is 10.6 Å². The molecular formula is C18H19ClO4S. The highest BCUT2D eigenvalue weighted by atomic mass is 35.5. The highest BCUT2D eigenvalue weighted by Gasteiger charge is 2.30. The Bertz CT molecular complexity index is 707. The molecule has 0 bridgehead atoms. The molecule has 2 aromatic carbocycles. The van der Waals surface area contributed by atoms with Crippen molar-refractivity contribution in [2.45, 2.75) is 37.9 Å². The molecule has 1 N–H and O–H groups in total. The van der Waals surface area contributed by atoms with Crippen LogP contribution in [0.15, 0.2) is 48.5 Å². The summed E-state index contributed by atoms with van der Waals surface area (Å²) in [7, 11) is 0. The molecule has 1 saturated carbocycles. The minimum atomic E-state index is -2.29. The highest BCUT2D eigenvalue weighted by Crippen LogP contribution is 2.35. The number of halogens is 1. The first-order valence-electron chi connectivity index (χ1n) is 7.93. The molecule has 0 radical (unpaired) electrons. The molecule has 0 heterocycles. The van der Waals surface area contributed by atoms with Gasteiger partial charge in [0.25, 0.3) is 0 Å². The standard InChI is InChI=1S/C18H19ClO4S/c19-14-10-11-16(15(12-14)13-6-2-1-3-7-13)22-17-8-4-5-9-18(17)23-24(20)21/h1-3,6-7,10-12,17-18H,4-5,8-9H2,(H,20,21). The van der Waals surface area contributed by atoms with Crippen molar-refractivity contribution in [3.05, 3.63) is 53.6 Å². The van der Waals surface area contributed by atoms with Gasteiger partial charge < -0.3 is 4.74 Å². The smallest absolute Gasteiger partial charge is 0.302 e. The van der Waals surface area contributed by atoms with Crippen molar-refractivity contribution in [1.29, 1.82) is 0 Å². The molecule has 3 rings (SSSR count). The van der Waals surface area contributed by atoms with E-state index in [0.29, 0.717) is 17.2 Å². The SMILES string of the molecule is O=S(O)OC1CCCCC1Oc1ccc(Cl)cc1-c1ccccc1. The summed E-state index contributed by atoms with van der Waals surface area (Å²) < 4.78 is 31.4. The maximum absolute atomic E-state index is 11.0. The lowest BCUT2D eigenvalue weighted by Crippen LogP contribution is -2.37. The van der Waals surface area contributed by atoms with Gasteiger partial charge in [-0.2, -0.15) is 4.21 Å². The zero-order chi connectivity index (χ0) is 16.9. The number of rotatable bonds is 5. The van der Waals surface area contributed by atoms with E-state index in [1.54, 1.807) is 6.07 Å². The third-order valence-electron chi connectivity index (χ3n) is 4.15. The topological polar surface area (TPSA) is 55.8 Å². The maximum Gasteiger partial charge on any atom is 0.302 e. The molecule has 0 saturated heterocycles. The monoisotopic (exact) mass is 366 g/mol.